The summed E-state index contributed by atoms with van der Waals surface area (Å²) in [7, 11) is 10.3. The lowest BCUT2D eigenvalue weighted by Gasteiger charge is -2.28. The van der Waals surface area contributed by atoms with Gasteiger partial charge in [-0.3, -0.25) is 68.0 Å². The summed E-state index contributed by atoms with van der Waals surface area (Å²) in [5.74, 6) is -5.32. The number of ether oxygens (including phenoxy) is 14. The van der Waals surface area contributed by atoms with E-state index in [0.717, 1.165) is 14.2 Å². The number of aliphatic hydroxyl groups is 4. The van der Waals surface area contributed by atoms with Crippen LogP contribution in [0.5, 0.6) is 0 Å². The van der Waals surface area contributed by atoms with Crippen LogP contribution in [0.1, 0.15) is 58.3 Å². The van der Waals surface area contributed by atoms with E-state index < -0.39 is 323 Å². The van der Waals surface area contributed by atoms with E-state index in [1.54, 1.807) is 0 Å². The van der Waals surface area contributed by atoms with Crippen LogP contribution in [0, 0.1) is 0 Å². The second-order valence-corrected chi connectivity index (χ2v) is 29.1. The van der Waals surface area contributed by atoms with E-state index in [9.17, 15) is 121 Å². The van der Waals surface area contributed by atoms with Gasteiger partial charge in [-0.2, -0.15) is 0 Å². The molecular weight excluding hydrogens is 1800 g/mol. The Bertz CT molecular complexity index is 5530. The molecule has 8 heterocycles. The maximum Gasteiger partial charge on any atom is 0.336 e. The van der Waals surface area contributed by atoms with Gasteiger partial charge in [0.1, 0.15) is 73.7 Å². The number of rotatable bonds is 56. The summed E-state index contributed by atoms with van der Waals surface area (Å²) < 4.78 is 78.7. The molecule has 5 unspecified atom stereocenters. The topological polar surface area (TPSA) is 671 Å². The highest BCUT2D eigenvalue weighted by atomic mass is 16.6. The van der Waals surface area contributed by atoms with Gasteiger partial charge in [0, 0.05) is 88.5 Å². The number of aliphatic hydroxyl groups excluding tert-OH is 4. The normalized spacial score (nSPS) is 16.0. The number of amides is 8. The van der Waals surface area contributed by atoms with Crippen molar-refractivity contribution in [1.29, 1.82) is 0 Å². The molecule has 4 saturated heterocycles. The fraction of sp³-hybridized carbons (Fsp3) is 0.699. The molecule has 742 valence electrons. The van der Waals surface area contributed by atoms with Crippen LogP contribution < -0.4 is 68.3 Å². The van der Waals surface area contributed by atoms with Crippen molar-refractivity contribution < 1.29 is 135 Å². The Labute approximate surface area is 749 Å². The molecule has 4 aromatic heterocycles. The molecule has 0 spiro atoms. The molecule has 60 heteroatoms. The minimum Gasteiger partial charge on any atom is -0.469 e. The zero-order valence-corrected chi connectivity index (χ0v) is 74.5. The van der Waals surface area contributed by atoms with Crippen LogP contribution in [0.4, 0.5) is 19.2 Å². The Morgan fingerprint density at radius 1 is 0.256 bits per heavy atom. The molecule has 4 N–H and O–H groups in total. The lowest BCUT2D eigenvalue weighted by molar-refractivity contribution is -0.147. The first kappa shape index (κ1) is 107. The summed E-state index contributed by atoms with van der Waals surface area (Å²) in [5, 5.41) is 37.4. The fourth-order valence-electron chi connectivity index (χ4n) is 14.1. The van der Waals surface area contributed by atoms with Crippen LogP contribution in [-0.4, -0.2) is 375 Å². The Morgan fingerprint density at radius 2 is 0.459 bits per heavy atom. The van der Waals surface area contributed by atoms with Gasteiger partial charge in [-0.25, -0.2) is 132 Å². The highest BCUT2D eigenvalue weighted by Gasteiger charge is 2.61. The predicted molar refractivity (Wildman–Crippen MR) is 439 cm³/mol. The summed E-state index contributed by atoms with van der Waals surface area (Å²) in [5.41, 5.74) is -13.9. The summed E-state index contributed by atoms with van der Waals surface area (Å²) in [6, 6.07) is -2.17. The van der Waals surface area contributed by atoms with E-state index in [1.165, 1.54) is 88.8 Å². The van der Waals surface area contributed by atoms with Gasteiger partial charge in [0.2, 0.25) is 0 Å². The second-order valence-electron chi connectivity index (χ2n) is 29.1. The van der Waals surface area contributed by atoms with Crippen LogP contribution in [0.25, 0.3) is 0 Å². The number of unbranched alkanes of at least 4 members (excludes halogenated alkanes) is 1. The van der Waals surface area contributed by atoms with Crippen molar-refractivity contribution in [3.63, 3.8) is 0 Å². The number of fused-ring (bicyclic) bond motifs is 2. The van der Waals surface area contributed by atoms with Gasteiger partial charge < -0.3 is 86.7 Å². The Kier molecular flexibility index (Phi) is 41.7. The van der Waals surface area contributed by atoms with Gasteiger partial charge in [-0.05, 0) is 19.8 Å². The zero-order chi connectivity index (χ0) is 98.2. The highest BCUT2D eigenvalue weighted by molar-refractivity contribution is 5.86. The molecule has 0 radical (unpaired) electrons. The van der Waals surface area contributed by atoms with Crippen LogP contribution in [-0.2, 0) is 174 Å². The van der Waals surface area contributed by atoms with E-state index in [0.29, 0.717) is 67.6 Å². The number of methoxy groups -OCH3 is 8. The monoisotopic (exact) mass is 1910 g/mol. The number of hydrogen-bond donors (Lipinski definition) is 4. The number of carbonyl (C=O) groups excluding carboxylic acids is 10. The number of nitrogens with zero attached hydrogens (tertiary/aromatic N) is 20. The van der Waals surface area contributed by atoms with Crippen molar-refractivity contribution in [3.8, 4) is 0 Å². The molecule has 0 saturated carbocycles. The van der Waals surface area contributed by atoms with Crippen LogP contribution in [0.3, 0.4) is 0 Å². The third kappa shape index (κ3) is 26.1. The average molecular weight is 1910 g/mol. The van der Waals surface area contributed by atoms with Crippen molar-refractivity contribution in [2.75, 3.05) is 170 Å². The van der Waals surface area contributed by atoms with E-state index >= 15 is 0 Å². The van der Waals surface area contributed by atoms with E-state index in [4.69, 9.17) is 61.9 Å². The fourth-order valence-corrected chi connectivity index (χ4v) is 14.1. The Balaban J connectivity index is 0.000000363. The molecule has 60 nitrogen and oxygen atoms in total. The quantitative estimate of drug-likeness (QED) is 0.0181. The standard InChI is InChI=1S/C37H56N10O20.C36H54N10O20/c1-61-21-44-28-29(46(23-63-3)36(44)59)47(37(60)45(28)22-62-2)24-65-19-14-42-33(56)41(13-17-49)34(57)43(35(42)58)15-20-67-27(52)9-12-40-31(54)38(10-7-25(50)64-4)30(53)39(32(40)55)11-8-26(51)66-18-6-5-16-48;1-23(48)18-66-26(51)8-11-39-30(53)37(9-6-24(49)63-5)29(52)38(31(39)54)10-7-25(50)65-17-14-42-33(56)40(12-15-47)32(55)41(34(42)57)13-16-64-22-46-28-27(44(20-61-3)36(46)59)43(19-60-2)35(58)45(28)21-62-4/h28-29,48-49H,5-24H2,1-4H3;23,27-28,47-48H,6-22H2,1-5H3. The van der Waals surface area contributed by atoms with Gasteiger partial charge in [-0.1, -0.05) is 0 Å². The number of carbonyl (C=O) groups is 10. The lowest BCUT2D eigenvalue weighted by atomic mass is 10.3. The van der Waals surface area contributed by atoms with Gasteiger partial charge in [0.05, 0.1) is 131 Å². The smallest absolute Gasteiger partial charge is 0.336 e. The molecular formula is C73H110N20O40. The number of aromatic nitrogens is 12. The second kappa shape index (κ2) is 51.8. The average Bonchev–Trinajstić information content (AvgIpc) is 1.57. The van der Waals surface area contributed by atoms with Crippen molar-refractivity contribution in [2.45, 2.75) is 168 Å². The third-order valence-electron chi connectivity index (χ3n) is 20.4. The zero-order valence-electron chi connectivity index (χ0n) is 74.5. The molecule has 5 atom stereocenters. The van der Waals surface area contributed by atoms with E-state index in [2.05, 4.69) is 9.47 Å². The summed E-state index contributed by atoms with van der Waals surface area (Å²) in [6.07, 6.45) is -7.08. The first-order chi connectivity index (χ1) is 63.6. The highest BCUT2D eigenvalue weighted by Crippen LogP contribution is 2.36. The molecule has 0 aromatic carbocycles. The largest absolute Gasteiger partial charge is 0.469 e. The molecule has 0 bridgehead atoms. The molecule has 8 rings (SSSR count). The number of hydrogen-bond acceptors (Lipinski definition) is 40. The van der Waals surface area contributed by atoms with Gasteiger partial charge in [0.15, 0.2) is 24.7 Å². The predicted octanol–water partition coefficient (Wildman–Crippen LogP) is -11.5. The van der Waals surface area contributed by atoms with Gasteiger partial charge in [0.25, 0.3) is 0 Å². The first-order valence-electron chi connectivity index (χ1n) is 41.0. The van der Waals surface area contributed by atoms with Crippen LogP contribution in [0.2, 0.25) is 0 Å². The van der Waals surface area contributed by atoms with Crippen molar-refractivity contribution >= 4 is 59.9 Å². The van der Waals surface area contributed by atoms with Crippen molar-refractivity contribution in [1.82, 2.24) is 94.0 Å². The maximum atomic E-state index is 13.5. The Hall–Kier alpha value is -12.9. The summed E-state index contributed by atoms with van der Waals surface area (Å²) >= 11 is 0. The van der Waals surface area contributed by atoms with E-state index in [-0.39, 0.29) is 66.8 Å². The van der Waals surface area contributed by atoms with Crippen LogP contribution >= 0.6 is 0 Å². The summed E-state index contributed by atoms with van der Waals surface area (Å²) in [4.78, 5) is 297. The first-order valence-corrected chi connectivity index (χ1v) is 41.0. The number of esters is 6. The maximum absolute atomic E-state index is 13.5. The van der Waals surface area contributed by atoms with Crippen molar-refractivity contribution in [2.24, 2.45) is 0 Å². The molecule has 133 heavy (non-hydrogen) atoms. The minimum absolute atomic E-state index is 0.0263. The SMILES string of the molecule is COCN1C(=O)N(COC)C2C1N(COC)C(=O)N2COCCn1c(=O)n(CCO)c(=O)n(CCOC(=O)CCn2c(=O)n(CCC(=O)OC)c(=O)n(CCC(=O)OCC(C)O)c2=O)c1=O.COCN1C(=O)N(COC)C2C1N(COC)C(=O)N2COCCn1c(=O)n(CCO)c(=O)n(CCOC(=O)CCn2c(=O)n(CCC(=O)OC)c(=O)n(CCC(=O)OCCCCO)c2=O)c1=O. The minimum atomic E-state index is -1.21. The Morgan fingerprint density at radius 3 is 0.677 bits per heavy atom. The molecule has 4 fully saturated rings. The third-order valence-corrected chi connectivity index (χ3v) is 20.4. The molecule has 8 amide bonds. The molecule has 4 aliphatic rings. The molecule has 0 aliphatic carbocycles. The van der Waals surface area contributed by atoms with Gasteiger partial charge in [-0.15, -0.1) is 0 Å². The van der Waals surface area contributed by atoms with E-state index in [1.807, 2.05) is 0 Å². The summed E-state index contributed by atoms with van der Waals surface area (Å²) in [6.45, 7) is -11.3. The molecule has 4 aliphatic heterocycles. The van der Waals surface area contributed by atoms with Crippen molar-refractivity contribution in [3.05, 3.63) is 126 Å². The lowest BCUT2D eigenvalue weighted by Crippen LogP contribution is -2.55. The van der Waals surface area contributed by atoms with Gasteiger partial charge >= 0.3 is 128 Å². The molecule has 4 aromatic rings. The van der Waals surface area contributed by atoms with Crippen LogP contribution in [0.15, 0.2) is 57.5 Å². The number of urea groups is 4.